The van der Waals surface area contributed by atoms with Gasteiger partial charge in [-0.3, -0.25) is 14.2 Å². The van der Waals surface area contributed by atoms with E-state index < -0.39 is 5.79 Å². The maximum atomic E-state index is 12.6. The van der Waals surface area contributed by atoms with Crippen molar-refractivity contribution in [2.75, 3.05) is 26.3 Å². The molecule has 7 nitrogen and oxygen atoms in total. The standard InChI is InChI=1S/C19H23N3O4/c1-14-3-2-4-15-17(14)20-13-22(18(15)24)8-5-16(23)21-9-6-19(7-10-21)25-11-12-26-19/h2-4,13H,5-12H2,1H3. The van der Waals surface area contributed by atoms with Gasteiger partial charge in [0.15, 0.2) is 5.79 Å². The number of piperidine rings is 1. The highest BCUT2D eigenvalue weighted by atomic mass is 16.7. The highest BCUT2D eigenvalue weighted by Gasteiger charge is 2.40. The minimum atomic E-state index is -0.478. The van der Waals surface area contributed by atoms with Crippen LogP contribution in [-0.4, -0.2) is 52.4 Å². The third-order valence-corrected chi connectivity index (χ3v) is 5.31. The number of aryl methyl sites for hydroxylation is 2. The number of amides is 1. The molecular formula is C19H23N3O4. The zero-order chi connectivity index (χ0) is 18.1. The molecule has 0 aliphatic carbocycles. The smallest absolute Gasteiger partial charge is 0.261 e. The Labute approximate surface area is 151 Å². The highest BCUT2D eigenvalue weighted by molar-refractivity contribution is 5.80. The monoisotopic (exact) mass is 357 g/mol. The Hall–Kier alpha value is -2.25. The topological polar surface area (TPSA) is 73.7 Å². The van der Waals surface area contributed by atoms with Gasteiger partial charge >= 0.3 is 0 Å². The van der Waals surface area contributed by atoms with Crippen molar-refractivity contribution in [3.05, 3.63) is 40.4 Å². The fraction of sp³-hybridized carbons (Fsp3) is 0.526. The Balaban J connectivity index is 1.40. The average Bonchev–Trinajstić information content (AvgIpc) is 3.10. The van der Waals surface area contributed by atoms with E-state index >= 15 is 0 Å². The molecule has 0 radical (unpaired) electrons. The number of para-hydroxylation sites is 1. The van der Waals surface area contributed by atoms with Crippen LogP contribution < -0.4 is 5.56 Å². The Morgan fingerprint density at radius 3 is 2.69 bits per heavy atom. The first-order valence-corrected chi connectivity index (χ1v) is 9.08. The first-order chi connectivity index (χ1) is 12.6. The minimum absolute atomic E-state index is 0.0501. The molecule has 0 bridgehead atoms. The summed E-state index contributed by atoms with van der Waals surface area (Å²) in [6, 6.07) is 5.57. The molecule has 4 rings (SSSR count). The van der Waals surface area contributed by atoms with E-state index in [4.69, 9.17) is 9.47 Å². The van der Waals surface area contributed by atoms with Crippen molar-refractivity contribution in [3.8, 4) is 0 Å². The summed E-state index contributed by atoms with van der Waals surface area (Å²) >= 11 is 0. The lowest BCUT2D eigenvalue weighted by Crippen LogP contribution is -2.47. The molecule has 0 saturated carbocycles. The van der Waals surface area contributed by atoms with Gasteiger partial charge < -0.3 is 14.4 Å². The third kappa shape index (κ3) is 3.12. The van der Waals surface area contributed by atoms with Gasteiger partial charge in [-0.25, -0.2) is 4.98 Å². The van der Waals surface area contributed by atoms with Gasteiger partial charge in [-0.05, 0) is 18.6 Å². The van der Waals surface area contributed by atoms with Crippen molar-refractivity contribution in [2.45, 2.75) is 38.5 Å². The van der Waals surface area contributed by atoms with Crippen LogP contribution in [0.1, 0.15) is 24.8 Å². The van der Waals surface area contributed by atoms with Gasteiger partial charge in [-0.15, -0.1) is 0 Å². The second-order valence-corrected chi connectivity index (χ2v) is 6.95. The van der Waals surface area contributed by atoms with E-state index in [9.17, 15) is 9.59 Å². The van der Waals surface area contributed by atoms with Crippen LogP contribution in [0, 0.1) is 6.92 Å². The van der Waals surface area contributed by atoms with Crippen molar-refractivity contribution < 1.29 is 14.3 Å². The lowest BCUT2D eigenvalue weighted by atomic mass is 10.0. The molecule has 2 aliphatic rings. The second kappa shape index (κ2) is 6.81. The van der Waals surface area contributed by atoms with Crippen LogP contribution in [0.3, 0.4) is 0 Å². The highest BCUT2D eigenvalue weighted by Crippen LogP contribution is 2.31. The first kappa shape index (κ1) is 17.2. The fourth-order valence-electron chi connectivity index (χ4n) is 3.75. The van der Waals surface area contributed by atoms with Gasteiger partial charge in [0.2, 0.25) is 5.91 Å². The molecule has 1 aromatic heterocycles. The summed E-state index contributed by atoms with van der Waals surface area (Å²) in [5.41, 5.74) is 1.59. The lowest BCUT2D eigenvalue weighted by molar-refractivity contribution is -0.187. The number of carbonyl (C=O) groups excluding carboxylic acids is 1. The predicted molar refractivity (Wildman–Crippen MR) is 95.8 cm³/mol. The van der Waals surface area contributed by atoms with Crippen molar-refractivity contribution >= 4 is 16.8 Å². The number of ether oxygens (including phenoxy) is 2. The van der Waals surface area contributed by atoms with E-state index in [-0.39, 0.29) is 17.9 Å². The molecule has 7 heteroatoms. The minimum Gasteiger partial charge on any atom is -0.347 e. The van der Waals surface area contributed by atoms with E-state index in [0.29, 0.717) is 51.1 Å². The zero-order valence-corrected chi connectivity index (χ0v) is 14.9. The summed E-state index contributed by atoms with van der Waals surface area (Å²) in [6.07, 6.45) is 3.23. The largest absolute Gasteiger partial charge is 0.347 e. The van der Waals surface area contributed by atoms with Crippen molar-refractivity contribution in [2.24, 2.45) is 0 Å². The molecule has 0 atom stereocenters. The van der Waals surface area contributed by atoms with Gasteiger partial charge in [0.25, 0.3) is 5.56 Å². The Bertz CT molecular complexity index is 876. The lowest BCUT2D eigenvalue weighted by Gasteiger charge is -2.37. The summed E-state index contributed by atoms with van der Waals surface area (Å²) in [5.74, 6) is -0.428. The molecule has 0 unspecified atom stereocenters. The number of likely N-dealkylation sites (tertiary alicyclic amines) is 1. The normalized spacial score (nSPS) is 19.3. The van der Waals surface area contributed by atoms with E-state index in [1.165, 1.54) is 10.9 Å². The number of nitrogens with zero attached hydrogens (tertiary/aromatic N) is 3. The zero-order valence-electron chi connectivity index (χ0n) is 14.9. The van der Waals surface area contributed by atoms with Crippen LogP contribution in [0.25, 0.3) is 10.9 Å². The van der Waals surface area contributed by atoms with Crippen molar-refractivity contribution in [1.82, 2.24) is 14.5 Å². The number of benzene rings is 1. The molecule has 0 N–H and O–H groups in total. The van der Waals surface area contributed by atoms with Gasteiger partial charge in [0, 0.05) is 38.9 Å². The molecule has 1 amide bonds. The molecule has 1 spiro atoms. The average molecular weight is 357 g/mol. The van der Waals surface area contributed by atoms with Crippen LogP contribution in [0.5, 0.6) is 0 Å². The number of hydrogen-bond donors (Lipinski definition) is 0. The van der Waals surface area contributed by atoms with Crippen molar-refractivity contribution in [3.63, 3.8) is 0 Å². The van der Waals surface area contributed by atoms with Gasteiger partial charge in [0.05, 0.1) is 30.4 Å². The summed E-state index contributed by atoms with van der Waals surface area (Å²) < 4.78 is 12.9. The van der Waals surface area contributed by atoms with E-state index in [0.717, 1.165) is 11.1 Å². The Morgan fingerprint density at radius 1 is 1.23 bits per heavy atom. The number of hydrogen-bond acceptors (Lipinski definition) is 5. The third-order valence-electron chi connectivity index (χ3n) is 5.31. The van der Waals surface area contributed by atoms with Gasteiger partial charge in [-0.1, -0.05) is 12.1 Å². The molecule has 138 valence electrons. The van der Waals surface area contributed by atoms with Crippen LogP contribution in [-0.2, 0) is 20.8 Å². The van der Waals surface area contributed by atoms with E-state index in [2.05, 4.69) is 4.98 Å². The van der Waals surface area contributed by atoms with Gasteiger partial charge in [0.1, 0.15) is 0 Å². The molecule has 2 aliphatic heterocycles. The van der Waals surface area contributed by atoms with Crippen LogP contribution in [0.4, 0.5) is 0 Å². The number of rotatable bonds is 3. The second-order valence-electron chi connectivity index (χ2n) is 6.95. The summed E-state index contributed by atoms with van der Waals surface area (Å²) in [7, 11) is 0. The van der Waals surface area contributed by atoms with Gasteiger partial charge in [-0.2, -0.15) is 0 Å². The molecule has 1 aromatic carbocycles. The summed E-state index contributed by atoms with van der Waals surface area (Å²) in [4.78, 5) is 31.3. The number of carbonyl (C=O) groups is 1. The molecule has 26 heavy (non-hydrogen) atoms. The molecule has 2 fully saturated rings. The molecule has 3 heterocycles. The molecular weight excluding hydrogens is 334 g/mol. The Kier molecular flexibility index (Phi) is 4.50. The summed E-state index contributed by atoms with van der Waals surface area (Å²) in [6.45, 7) is 4.79. The SMILES string of the molecule is Cc1cccc2c(=O)n(CCC(=O)N3CCC4(CC3)OCCO4)cnc12. The number of fused-ring (bicyclic) bond motifs is 1. The van der Waals surface area contributed by atoms with Crippen molar-refractivity contribution in [1.29, 1.82) is 0 Å². The first-order valence-electron chi connectivity index (χ1n) is 9.08. The number of aromatic nitrogens is 2. The quantitative estimate of drug-likeness (QED) is 0.831. The van der Waals surface area contributed by atoms with Crippen LogP contribution in [0.2, 0.25) is 0 Å². The van der Waals surface area contributed by atoms with Crippen LogP contribution in [0.15, 0.2) is 29.3 Å². The maximum Gasteiger partial charge on any atom is 0.261 e. The van der Waals surface area contributed by atoms with E-state index in [1.807, 2.05) is 24.0 Å². The maximum absolute atomic E-state index is 12.6. The fourth-order valence-corrected chi connectivity index (χ4v) is 3.75. The van der Waals surface area contributed by atoms with E-state index in [1.54, 1.807) is 6.07 Å². The molecule has 2 aromatic rings. The van der Waals surface area contributed by atoms with Crippen LogP contribution >= 0.6 is 0 Å². The molecule has 2 saturated heterocycles. The summed E-state index contributed by atoms with van der Waals surface area (Å²) in [5, 5.41) is 0.593. The Morgan fingerprint density at radius 2 is 1.96 bits per heavy atom. The predicted octanol–water partition coefficient (Wildman–Crippen LogP) is 1.46.